The van der Waals surface area contributed by atoms with E-state index in [2.05, 4.69) is 5.32 Å². The molecule has 0 spiro atoms. The van der Waals surface area contributed by atoms with Gasteiger partial charge in [-0.05, 0) is 34.2 Å². The number of hydrogen-bond acceptors (Lipinski definition) is 4. The summed E-state index contributed by atoms with van der Waals surface area (Å²) in [5.74, 6) is -0.412. The summed E-state index contributed by atoms with van der Waals surface area (Å²) in [6.07, 6.45) is 0. The molecule has 1 atom stereocenters. The van der Waals surface area contributed by atoms with E-state index in [4.69, 9.17) is 4.74 Å². The fourth-order valence-corrected chi connectivity index (χ4v) is 1.32. The highest BCUT2D eigenvalue weighted by atomic mass is 16.6. The molecule has 0 saturated carbocycles. The molecular formula is C12H24N2O3. The molecule has 0 aromatic carbocycles. The van der Waals surface area contributed by atoms with E-state index in [1.165, 1.54) is 0 Å². The molecule has 0 radical (unpaired) electrons. The lowest BCUT2D eigenvalue weighted by Crippen LogP contribution is -2.46. The number of nitrogens with zero attached hydrogens (tertiary/aromatic N) is 1. The molecule has 1 N–H and O–H groups in total. The van der Waals surface area contributed by atoms with Crippen LogP contribution in [-0.2, 0) is 14.3 Å². The van der Waals surface area contributed by atoms with Crippen molar-refractivity contribution >= 4 is 11.9 Å². The molecule has 17 heavy (non-hydrogen) atoms. The number of carbonyl (C=O) groups excluding carboxylic acids is 2. The summed E-state index contributed by atoms with van der Waals surface area (Å²) < 4.78 is 5.29. The molecule has 100 valence electrons. The maximum Gasteiger partial charge on any atom is 0.323 e. The van der Waals surface area contributed by atoms with Crippen LogP contribution in [0.4, 0.5) is 0 Å². The molecule has 5 nitrogen and oxygen atoms in total. The quantitative estimate of drug-likeness (QED) is 0.726. The Morgan fingerprint density at radius 2 is 1.88 bits per heavy atom. The van der Waals surface area contributed by atoms with Gasteiger partial charge in [0.25, 0.3) is 0 Å². The minimum atomic E-state index is -0.502. The molecule has 5 heteroatoms. The first kappa shape index (κ1) is 15.9. The Hall–Kier alpha value is -1.10. The van der Waals surface area contributed by atoms with Crippen LogP contribution in [0.3, 0.4) is 0 Å². The van der Waals surface area contributed by atoms with Gasteiger partial charge in [0.2, 0.25) is 5.91 Å². The molecule has 0 aliphatic heterocycles. The lowest BCUT2D eigenvalue weighted by Gasteiger charge is -2.28. The second kappa shape index (κ2) is 6.59. The van der Waals surface area contributed by atoms with Gasteiger partial charge in [0.1, 0.15) is 11.6 Å². The van der Waals surface area contributed by atoms with E-state index in [1.54, 1.807) is 18.9 Å². The molecule has 0 bridgehead atoms. The van der Waals surface area contributed by atoms with Gasteiger partial charge >= 0.3 is 5.97 Å². The Bertz CT molecular complexity index is 271. The Morgan fingerprint density at radius 1 is 1.35 bits per heavy atom. The number of carbonyl (C=O) groups is 2. The minimum absolute atomic E-state index is 0.109. The third-order valence-corrected chi connectivity index (χ3v) is 2.33. The number of likely N-dealkylation sites (N-methyl/N-ethyl adjacent to an activating group) is 2. The third-order valence-electron chi connectivity index (χ3n) is 2.33. The summed E-state index contributed by atoms with van der Waals surface area (Å²) in [5, 5.41) is 2.54. The van der Waals surface area contributed by atoms with Crippen LogP contribution in [0.1, 0.15) is 34.6 Å². The fraction of sp³-hybridized carbons (Fsp3) is 0.833. The highest BCUT2D eigenvalue weighted by Crippen LogP contribution is 2.11. The Kier molecular flexibility index (Phi) is 6.16. The van der Waals surface area contributed by atoms with Gasteiger partial charge in [0.05, 0.1) is 6.54 Å². The molecule has 1 unspecified atom stereocenters. The first-order chi connectivity index (χ1) is 7.71. The standard InChI is InChI=1S/C12H24N2O3/c1-7-14(8-10(15)13-6)9(2)11(16)17-12(3,4)5/h9H,7-8H2,1-6H3,(H,13,15). The van der Waals surface area contributed by atoms with E-state index < -0.39 is 11.6 Å². The van der Waals surface area contributed by atoms with Crippen molar-refractivity contribution < 1.29 is 14.3 Å². The minimum Gasteiger partial charge on any atom is -0.459 e. The van der Waals surface area contributed by atoms with Crippen LogP contribution in [-0.4, -0.2) is 48.6 Å². The fourth-order valence-electron chi connectivity index (χ4n) is 1.32. The highest BCUT2D eigenvalue weighted by molar-refractivity contribution is 5.80. The largest absolute Gasteiger partial charge is 0.459 e. The lowest BCUT2D eigenvalue weighted by atomic mass is 10.2. The van der Waals surface area contributed by atoms with Crippen LogP contribution < -0.4 is 5.32 Å². The number of amides is 1. The first-order valence-electron chi connectivity index (χ1n) is 5.88. The van der Waals surface area contributed by atoms with Gasteiger partial charge in [-0.25, -0.2) is 0 Å². The predicted molar refractivity (Wildman–Crippen MR) is 66.6 cm³/mol. The summed E-state index contributed by atoms with van der Waals surface area (Å²) in [7, 11) is 1.58. The van der Waals surface area contributed by atoms with Gasteiger partial charge in [-0.1, -0.05) is 6.92 Å². The topological polar surface area (TPSA) is 58.6 Å². The summed E-state index contributed by atoms with van der Waals surface area (Å²) in [4.78, 5) is 24.9. The second-order valence-corrected chi connectivity index (χ2v) is 4.95. The zero-order valence-corrected chi connectivity index (χ0v) is 11.7. The van der Waals surface area contributed by atoms with Gasteiger partial charge in [-0.3, -0.25) is 14.5 Å². The summed E-state index contributed by atoms with van der Waals surface area (Å²) >= 11 is 0. The molecule has 0 saturated heterocycles. The summed E-state index contributed by atoms with van der Waals surface area (Å²) in [6, 6.07) is -0.420. The van der Waals surface area contributed by atoms with Gasteiger partial charge in [-0.15, -0.1) is 0 Å². The number of esters is 1. The molecule has 0 aliphatic carbocycles. The maximum atomic E-state index is 11.8. The number of nitrogens with one attached hydrogen (secondary N) is 1. The summed E-state index contributed by atoms with van der Waals surface area (Å²) in [5.41, 5.74) is -0.502. The molecule has 0 rings (SSSR count). The Balaban J connectivity index is 4.47. The molecule has 0 aromatic rings. The van der Waals surface area contributed by atoms with E-state index in [0.717, 1.165) is 0 Å². The van der Waals surface area contributed by atoms with Crippen molar-refractivity contribution in [3.63, 3.8) is 0 Å². The van der Waals surface area contributed by atoms with Gasteiger partial charge in [0, 0.05) is 7.05 Å². The van der Waals surface area contributed by atoms with Crippen LogP contribution in [0.2, 0.25) is 0 Å². The van der Waals surface area contributed by atoms with Crippen molar-refractivity contribution in [1.29, 1.82) is 0 Å². The normalized spacial score (nSPS) is 13.4. The molecular weight excluding hydrogens is 220 g/mol. The number of hydrogen-bond donors (Lipinski definition) is 1. The van der Waals surface area contributed by atoms with Gasteiger partial charge < -0.3 is 10.1 Å². The van der Waals surface area contributed by atoms with Crippen molar-refractivity contribution in [3.05, 3.63) is 0 Å². The van der Waals surface area contributed by atoms with Crippen LogP contribution in [0.5, 0.6) is 0 Å². The highest BCUT2D eigenvalue weighted by Gasteiger charge is 2.26. The predicted octanol–water partition coefficient (Wildman–Crippen LogP) is 0.785. The van der Waals surface area contributed by atoms with E-state index in [0.29, 0.717) is 6.54 Å². The smallest absolute Gasteiger partial charge is 0.323 e. The van der Waals surface area contributed by atoms with E-state index >= 15 is 0 Å². The van der Waals surface area contributed by atoms with Crippen molar-refractivity contribution in [2.45, 2.75) is 46.3 Å². The Labute approximate surface area is 103 Å². The van der Waals surface area contributed by atoms with E-state index in [9.17, 15) is 9.59 Å². The van der Waals surface area contributed by atoms with Gasteiger partial charge in [-0.2, -0.15) is 0 Å². The van der Waals surface area contributed by atoms with Crippen molar-refractivity contribution in [2.75, 3.05) is 20.1 Å². The molecule has 0 fully saturated rings. The van der Waals surface area contributed by atoms with Crippen LogP contribution >= 0.6 is 0 Å². The van der Waals surface area contributed by atoms with Crippen molar-refractivity contribution in [3.8, 4) is 0 Å². The molecule has 1 amide bonds. The van der Waals surface area contributed by atoms with Crippen LogP contribution in [0.15, 0.2) is 0 Å². The monoisotopic (exact) mass is 244 g/mol. The van der Waals surface area contributed by atoms with E-state index in [-0.39, 0.29) is 18.4 Å². The zero-order chi connectivity index (χ0) is 13.6. The van der Waals surface area contributed by atoms with Crippen molar-refractivity contribution in [1.82, 2.24) is 10.2 Å². The first-order valence-corrected chi connectivity index (χ1v) is 5.88. The van der Waals surface area contributed by atoms with Crippen molar-refractivity contribution in [2.24, 2.45) is 0 Å². The Morgan fingerprint density at radius 3 is 2.24 bits per heavy atom. The average molecular weight is 244 g/mol. The molecule has 0 aliphatic rings. The molecule has 0 aromatic heterocycles. The molecule has 0 heterocycles. The lowest BCUT2D eigenvalue weighted by molar-refractivity contribution is -0.160. The zero-order valence-electron chi connectivity index (χ0n) is 11.7. The van der Waals surface area contributed by atoms with E-state index in [1.807, 2.05) is 27.7 Å². The van der Waals surface area contributed by atoms with Crippen LogP contribution in [0.25, 0.3) is 0 Å². The van der Waals surface area contributed by atoms with Gasteiger partial charge in [0.15, 0.2) is 0 Å². The second-order valence-electron chi connectivity index (χ2n) is 4.95. The SMILES string of the molecule is CCN(CC(=O)NC)C(C)C(=O)OC(C)(C)C. The summed E-state index contributed by atoms with van der Waals surface area (Å²) in [6.45, 7) is 9.96. The number of rotatable bonds is 5. The number of ether oxygens (including phenoxy) is 1. The third kappa shape index (κ3) is 6.26. The maximum absolute atomic E-state index is 11.8. The van der Waals surface area contributed by atoms with Crippen LogP contribution in [0, 0.1) is 0 Å². The average Bonchev–Trinajstić information content (AvgIpc) is 2.22.